The fourth-order valence-corrected chi connectivity index (χ4v) is 2.28. The van der Waals surface area contributed by atoms with E-state index in [0.717, 1.165) is 0 Å². The number of carboxylic acids is 1. The Bertz CT molecular complexity index is 415. The van der Waals surface area contributed by atoms with Gasteiger partial charge in [-0.05, 0) is 19.4 Å². The molecule has 1 aliphatic rings. The summed E-state index contributed by atoms with van der Waals surface area (Å²) in [6.07, 6.45) is 0.472. The summed E-state index contributed by atoms with van der Waals surface area (Å²) in [5.74, 6) is -1.41. The van der Waals surface area contributed by atoms with Crippen LogP contribution in [0.3, 0.4) is 0 Å². The van der Waals surface area contributed by atoms with Gasteiger partial charge in [-0.3, -0.25) is 4.79 Å². The molecule has 1 saturated heterocycles. The molecule has 0 aliphatic carbocycles. The molecular formula is C12H14O4. The number of hydrogen-bond acceptors (Lipinski definition) is 3. The maximum absolute atomic E-state index is 11.1. The van der Waals surface area contributed by atoms with Gasteiger partial charge in [-0.25, -0.2) is 0 Å². The quantitative estimate of drug-likeness (QED) is 0.799. The maximum atomic E-state index is 11.1. The van der Waals surface area contributed by atoms with Gasteiger partial charge in [0.05, 0.1) is 5.92 Å². The second kappa shape index (κ2) is 3.79. The third kappa shape index (κ3) is 1.55. The fraction of sp³-hybridized carbons (Fsp3) is 0.417. The van der Waals surface area contributed by atoms with Crippen LogP contribution in [-0.2, 0) is 15.1 Å². The highest BCUT2D eigenvalue weighted by atomic mass is 16.5. The van der Waals surface area contributed by atoms with Crippen LogP contribution in [0, 0.1) is 5.92 Å². The lowest BCUT2D eigenvalue weighted by molar-refractivity contribution is -0.148. The lowest BCUT2D eigenvalue weighted by Gasteiger charge is -2.29. The van der Waals surface area contributed by atoms with Gasteiger partial charge < -0.3 is 14.9 Å². The van der Waals surface area contributed by atoms with Crippen LogP contribution < -0.4 is 0 Å². The average molecular weight is 222 g/mol. The van der Waals surface area contributed by atoms with E-state index in [2.05, 4.69) is 0 Å². The predicted octanol–water partition coefficient (Wildman–Crippen LogP) is 1.73. The van der Waals surface area contributed by atoms with Crippen LogP contribution in [0.2, 0.25) is 0 Å². The Morgan fingerprint density at radius 3 is 2.81 bits per heavy atom. The van der Waals surface area contributed by atoms with Gasteiger partial charge in [-0.15, -0.1) is 0 Å². The van der Waals surface area contributed by atoms with E-state index in [1.165, 1.54) is 0 Å². The molecule has 1 fully saturated rings. The van der Waals surface area contributed by atoms with Crippen molar-refractivity contribution in [2.75, 3.05) is 6.61 Å². The average Bonchev–Trinajstić information content (AvgIpc) is 2.62. The number of carbonyl (C=O) groups is 1. The molecule has 2 N–H and O–H groups in total. The van der Waals surface area contributed by atoms with Gasteiger partial charge in [0.25, 0.3) is 0 Å². The number of rotatable bonds is 2. The first-order valence-corrected chi connectivity index (χ1v) is 5.21. The molecule has 2 rings (SSSR count). The Balaban J connectivity index is 2.45. The van der Waals surface area contributed by atoms with Gasteiger partial charge in [0.1, 0.15) is 11.4 Å². The third-order valence-corrected chi connectivity index (χ3v) is 3.21. The molecule has 4 nitrogen and oxygen atoms in total. The monoisotopic (exact) mass is 222 g/mol. The van der Waals surface area contributed by atoms with E-state index in [0.29, 0.717) is 18.6 Å². The predicted molar refractivity (Wildman–Crippen MR) is 57.2 cm³/mol. The fourth-order valence-electron chi connectivity index (χ4n) is 2.28. The molecule has 2 unspecified atom stereocenters. The summed E-state index contributed by atoms with van der Waals surface area (Å²) in [5.41, 5.74) is -0.392. The number of phenolic OH excluding ortho intramolecular Hbond substituents is 1. The van der Waals surface area contributed by atoms with Crippen molar-refractivity contribution in [1.29, 1.82) is 0 Å². The highest BCUT2D eigenvalue weighted by Gasteiger charge is 2.47. The number of para-hydroxylation sites is 1. The minimum atomic E-state index is -0.933. The lowest BCUT2D eigenvalue weighted by atomic mass is 9.82. The summed E-state index contributed by atoms with van der Waals surface area (Å²) in [5, 5.41) is 18.9. The van der Waals surface area contributed by atoms with Crippen LogP contribution in [0.15, 0.2) is 24.3 Å². The third-order valence-electron chi connectivity index (χ3n) is 3.21. The molecule has 0 radical (unpaired) electrons. The van der Waals surface area contributed by atoms with Crippen molar-refractivity contribution in [1.82, 2.24) is 0 Å². The van der Waals surface area contributed by atoms with Gasteiger partial charge in [0.15, 0.2) is 0 Å². The van der Waals surface area contributed by atoms with Crippen LogP contribution in [0.1, 0.15) is 18.9 Å². The van der Waals surface area contributed by atoms with Crippen molar-refractivity contribution in [3.8, 4) is 5.75 Å². The molecule has 86 valence electrons. The second-order valence-corrected chi connectivity index (χ2v) is 4.15. The van der Waals surface area contributed by atoms with Crippen LogP contribution >= 0.6 is 0 Å². The van der Waals surface area contributed by atoms with Gasteiger partial charge >= 0.3 is 5.97 Å². The zero-order chi connectivity index (χ0) is 11.8. The SMILES string of the molecule is CC1(c2ccccc2O)OCCC1C(=O)O. The summed E-state index contributed by atoms with van der Waals surface area (Å²) < 4.78 is 5.54. The number of hydrogen-bond donors (Lipinski definition) is 2. The van der Waals surface area contributed by atoms with E-state index in [-0.39, 0.29) is 5.75 Å². The number of carboxylic acid groups (broad SMARTS) is 1. The molecule has 0 aromatic heterocycles. The first-order chi connectivity index (χ1) is 7.55. The zero-order valence-electron chi connectivity index (χ0n) is 9.01. The van der Waals surface area contributed by atoms with Gasteiger partial charge in [-0.1, -0.05) is 18.2 Å². The van der Waals surface area contributed by atoms with Crippen molar-refractivity contribution in [3.05, 3.63) is 29.8 Å². The lowest BCUT2D eigenvalue weighted by Crippen LogP contribution is -2.33. The van der Waals surface area contributed by atoms with Crippen LogP contribution in [0.25, 0.3) is 0 Å². The molecule has 1 heterocycles. The highest BCUT2D eigenvalue weighted by Crippen LogP contribution is 2.44. The van der Waals surface area contributed by atoms with E-state index in [1.54, 1.807) is 31.2 Å². The van der Waals surface area contributed by atoms with Gasteiger partial charge in [0.2, 0.25) is 0 Å². The second-order valence-electron chi connectivity index (χ2n) is 4.15. The standard InChI is InChI=1S/C12H14O4/c1-12(8-4-2-3-5-10(8)13)9(11(14)15)6-7-16-12/h2-5,9,13H,6-7H2,1H3,(H,14,15). The Hall–Kier alpha value is -1.55. The minimum Gasteiger partial charge on any atom is -0.508 e. The number of aromatic hydroxyl groups is 1. The molecular weight excluding hydrogens is 208 g/mol. The smallest absolute Gasteiger partial charge is 0.309 e. The first-order valence-electron chi connectivity index (χ1n) is 5.21. The summed E-state index contributed by atoms with van der Waals surface area (Å²) >= 11 is 0. The molecule has 0 saturated carbocycles. The first kappa shape index (κ1) is 11.0. The van der Waals surface area contributed by atoms with E-state index in [1.807, 2.05) is 0 Å². The van der Waals surface area contributed by atoms with Crippen molar-refractivity contribution in [2.24, 2.45) is 5.92 Å². The molecule has 4 heteroatoms. The molecule has 2 atom stereocenters. The number of phenols is 1. The summed E-state index contributed by atoms with van der Waals surface area (Å²) in [7, 11) is 0. The number of aliphatic carboxylic acids is 1. The van der Waals surface area contributed by atoms with Crippen molar-refractivity contribution >= 4 is 5.97 Å². The highest BCUT2D eigenvalue weighted by molar-refractivity contribution is 5.72. The summed E-state index contributed by atoms with van der Waals surface area (Å²) in [6.45, 7) is 2.12. The minimum absolute atomic E-state index is 0.0816. The number of ether oxygens (including phenoxy) is 1. The van der Waals surface area contributed by atoms with Crippen molar-refractivity contribution < 1.29 is 19.7 Å². The molecule has 0 spiro atoms. The Morgan fingerprint density at radius 1 is 1.50 bits per heavy atom. The van der Waals surface area contributed by atoms with Crippen LogP contribution in [-0.4, -0.2) is 22.8 Å². The summed E-state index contributed by atoms with van der Waals surface area (Å²) in [6, 6.07) is 6.71. The van der Waals surface area contributed by atoms with Gasteiger partial charge in [0, 0.05) is 12.2 Å². The Morgan fingerprint density at radius 2 is 2.19 bits per heavy atom. The number of benzene rings is 1. The maximum Gasteiger partial charge on any atom is 0.309 e. The summed E-state index contributed by atoms with van der Waals surface area (Å²) in [4.78, 5) is 11.1. The van der Waals surface area contributed by atoms with Crippen molar-refractivity contribution in [3.63, 3.8) is 0 Å². The van der Waals surface area contributed by atoms with E-state index in [4.69, 9.17) is 9.84 Å². The van der Waals surface area contributed by atoms with E-state index in [9.17, 15) is 9.90 Å². The molecule has 16 heavy (non-hydrogen) atoms. The zero-order valence-corrected chi connectivity index (χ0v) is 9.01. The van der Waals surface area contributed by atoms with Crippen LogP contribution in [0.5, 0.6) is 5.75 Å². The van der Waals surface area contributed by atoms with Crippen LogP contribution in [0.4, 0.5) is 0 Å². The molecule has 1 aromatic carbocycles. The molecule has 0 amide bonds. The van der Waals surface area contributed by atoms with Gasteiger partial charge in [-0.2, -0.15) is 0 Å². The Labute approximate surface area is 93.5 Å². The molecule has 1 aliphatic heterocycles. The molecule has 0 bridgehead atoms. The normalized spacial score (nSPS) is 29.2. The van der Waals surface area contributed by atoms with E-state index >= 15 is 0 Å². The molecule has 1 aromatic rings. The van der Waals surface area contributed by atoms with E-state index < -0.39 is 17.5 Å². The van der Waals surface area contributed by atoms with Crippen molar-refractivity contribution in [2.45, 2.75) is 18.9 Å². The Kier molecular flexibility index (Phi) is 2.59. The largest absolute Gasteiger partial charge is 0.508 e. The topological polar surface area (TPSA) is 66.8 Å².